The van der Waals surface area contributed by atoms with Crippen LogP contribution < -0.4 is 4.74 Å². The lowest BCUT2D eigenvalue weighted by molar-refractivity contribution is 0.0988. The molecule has 0 fully saturated rings. The van der Waals surface area contributed by atoms with Gasteiger partial charge in [0.05, 0.1) is 0 Å². The third kappa shape index (κ3) is 3.40. The van der Waals surface area contributed by atoms with Crippen molar-refractivity contribution in [3.05, 3.63) is 58.6 Å². The maximum Gasteiger partial charge on any atom is 0.162 e. The summed E-state index contributed by atoms with van der Waals surface area (Å²) < 4.78 is 5.77. The summed E-state index contributed by atoms with van der Waals surface area (Å²) >= 11 is 6.08. The van der Waals surface area contributed by atoms with E-state index in [1.165, 1.54) is 0 Å². The maximum absolute atomic E-state index is 11.5. The summed E-state index contributed by atoms with van der Waals surface area (Å²) in [5.74, 6) is 1.60. The van der Waals surface area contributed by atoms with Gasteiger partial charge >= 0.3 is 0 Å². The van der Waals surface area contributed by atoms with E-state index in [1.807, 2.05) is 37.3 Å². The molecule has 0 unspecified atom stereocenters. The van der Waals surface area contributed by atoms with Crippen molar-refractivity contribution in [3.8, 4) is 11.5 Å². The molecule has 0 N–H and O–H groups in total. The number of ether oxygens (including phenoxy) is 1. The van der Waals surface area contributed by atoms with Crippen molar-refractivity contribution in [1.29, 1.82) is 0 Å². The van der Waals surface area contributed by atoms with E-state index in [-0.39, 0.29) is 5.78 Å². The standard InChI is InChI=1S/C17H17ClO2/c1-3-12-11-15(9-10-16(12)18)20-14-7-5-13(6-8-14)17(19)4-2/h5-11H,3-4H2,1-2H3. The average molecular weight is 289 g/mol. The molecule has 0 radical (unpaired) electrons. The van der Waals surface area contributed by atoms with Crippen LogP contribution >= 0.6 is 11.6 Å². The fourth-order valence-corrected chi connectivity index (χ4v) is 2.19. The first-order valence-corrected chi connectivity index (χ1v) is 7.11. The molecule has 0 aliphatic heterocycles. The van der Waals surface area contributed by atoms with Crippen molar-refractivity contribution in [3.63, 3.8) is 0 Å². The van der Waals surface area contributed by atoms with Gasteiger partial charge in [0.25, 0.3) is 0 Å². The smallest absolute Gasteiger partial charge is 0.162 e. The highest BCUT2D eigenvalue weighted by Gasteiger charge is 2.05. The highest BCUT2D eigenvalue weighted by molar-refractivity contribution is 6.31. The summed E-state index contributed by atoms with van der Waals surface area (Å²) in [5, 5.41) is 0.753. The van der Waals surface area contributed by atoms with E-state index in [2.05, 4.69) is 6.92 Å². The van der Waals surface area contributed by atoms with Crippen molar-refractivity contribution in [2.75, 3.05) is 0 Å². The van der Waals surface area contributed by atoms with Gasteiger partial charge < -0.3 is 4.74 Å². The third-order valence-corrected chi connectivity index (χ3v) is 3.50. The molecular formula is C17H17ClO2. The number of ketones is 1. The highest BCUT2D eigenvalue weighted by atomic mass is 35.5. The number of rotatable bonds is 5. The zero-order valence-corrected chi connectivity index (χ0v) is 12.4. The molecule has 0 saturated carbocycles. The quantitative estimate of drug-likeness (QED) is 0.699. The third-order valence-electron chi connectivity index (χ3n) is 3.13. The summed E-state index contributed by atoms with van der Waals surface area (Å²) in [7, 11) is 0. The predicted molar refractivity (Wildman–Crippen MR) is 82.0 cm³/mol. The molecule has 20 heavy (non-hydrogen) atoms. The van der Waals surface area contributed by atoms with Crippen LogP contribution in [0.4, 0.5) is 0 Å². The van der Waals surface area contributed by atoms with E-state index in [9.17, 15) is 4.79 Å². The second-order valence-electron chi connectivity index (χ2n) is 4.51. The van der Waals surface area contributed by atoms with Crippen LogP contribution in [0.2, 0.25) is 5.02 Å². The largest absolute Gasteiger partial charge is 0.457 e. The Bertz CT molecular complexity index is 603. The number of carbonyl (C=O) groups is 1. The van der Waals surface area contributed by atoms with Crippen LogP contribution in [0.5, 0.6) is 11.5 Å². The zero-order valence-electron chi connectivity index (χ0n) is 11.7. The number of hydrogen-bond acceptors (Lipinski definition) is 2. The van der Waals surface area contributed by atoms with Crippen molar-refractivity contribution < 1.29 is 9.53 Å². The van der Waals surface area contributed by atoms with Crippen LogP contribution in [0.25, 0.3) is 0 Å². The molecule has 0 heterocycles. The molecule has 2 aromatic rings. The van der Waals surface area contributed by atoms with Crippen molar-refractivity contribution in [2.45, 2.75) is 26.7 Å². The van der Waals surface area contributed by atoms with E-state index < -0.39 is 0 Å². The number of halogens is 1. The fourth-order valence-electron chi connectivity index (χ4n) is 1.93. The minimum atomic E-state index is 0.135. The van der Waals surface area contributed by atoms with Crippen LogP contribution in [-0.2, 0) is 6.42 Å². The molecule has 2 rings (SSSR count). The van der Waals surface area contributed by atoms with Gasteiger partial charge in [-0.15, -0.1) is 0 Å². The SMILES string of the molecule is CCC(=O)c1ccc(Oc2ccc(Cl)c(CC)c2)cc1. The Balaban J connectivity index is 2.16. The van der Waals surface area contributed by atoms with E-state index in [4.69, 9.17) is 16.3 Å². The molecule has 0 bridgehead atoms. The molecule has 0 aromatic heterocycles. The highest BCUT2D eigenvalue weighted by Crippen LogP contribution is 2.27. The lowest BCUT2D eigenvalue weighted by atomic mass is 10.1. The van der Waals surface area contributed by atoms with Crippen molar-refractivity contribution in [1.82, 2.24) is 0 Å². The number of Topliss-reactive ketones (excluding diaryl/α,β-unsaturated/α-hetero) is 1. The molecule has 3 heteroatoms. The summed E-state index contributed by atoms with van der Waals surface area (Å²) in [6, 6.07) is 12.8. The summed E-state index contributed by atoms with van der Waals surface area (Å²) in [5.41, 5.74) is 1.77. The summed E-state index contributed by atoms with van der Waals surface area (Å²) in [4.78, 5) is 11.5. The van der Waals surface area contributed by atoms with Crippen LogP contribution in [0.3, 0.4) is 0 Å². The van der Waals surface area contributed by atoms with Gasteiger partial charge in [0, 0.05) is 17.0 Å². The minimum absolute atomic E-state index is 0.135. The Morgan fingerprint density at radius 1 is 1.05 bits per heavy atom. The summed E-state index contributed by atoms with van der Waals surface area (Å²) in [6.07, 6.45) is 1.37. The molecule has 104 valence electrons. The normalized spacial score (nSPS) is 10.3. The van der Waals surface area contributed by atoms with Gasteiger partial charge in [-0.2, -0.15) is 0 Å². The first-order chi connectivity index (χ1) is 9.63. The molecule has 0 spiro atoms. The molecule has 0 atom stereocenters. The van der Waals surface area contributed by atoms with Gasteiger partial charge in [-0.3, -0.25) is 4.79 Å². The summed E-state index contributed by atoms with van der Waals surface area (Å²) in [6.45, 7) is 3.91. The lowest BCUT2D eigenvalue weighted by Crippen LogP contribution is -1.95. The van der Waals surface area contributed by atoms with Gasteiger partial charge in [-0.1, -0.05) is 25.4 Å². The van der Waals surface area contributed by atoms with Crippen LogP contribution in [0, 0.1) is 0 Å². The lowest BCUT2D eigenvalue weighted by Gasteiger charge is -2.09. The number of carbonyl (C=O) groups excluding carboxylic acids is 1. The maximum atomic E-state index is 11.5. The molecule has 0 saturated heterocycles. The topological polar surface area (TPSA) is 26.3 Å². The van der Waals surface area contributed by atoms with Crippen LogP contribution in [0.1, 0.15) is 36.2 Å². The molecule has 2 nitrogen and oxygen atoms in total. The van der Waals surface area contributed by atoms with Crippen LogP contribution in [-0.4, -0.2) is 5.78 Å². The average Bonchev–Trinajstić information content (AvgIpc) is 2.49. The predicted octanol–water partition coefficient (Wildman–Crippen LogP) is 5.29. The van der Waals surface area contributed by atoms with E-state index in [1.54, 1.807) is 12.1 Å². The van der Waals surface area contributed by atoms with E-state index in [0.29, 0.717) is 17.7 Å². The Hall–Kier alpha value is -1.80. The molecule has 0 aliphatic rings. The monoisotopic (exact) mass is 288 g/mol. The van der Waals surface area contributed by atoms with Crippen molar-refractivity contribution >= 4 is 17.4 Å². The molecule has 2 aromatic carbocycles. The zero-order chi connectivity index (χ0) is 14.5. The Morgan fingerprint density at radius 2 is 1.70 bits per heavy atom. The Kier molecular flexibility index (Phi) is 4.80. The van der Waals surface area contributed by atoms with Gasteiger partial charge in [0.15, 0.2) is 5.78 Å². The van der Waals surface area contributed by atoms with Gasteiger partial charge in [-0.05, 0) is 54.4 Å². The van der Waals surface area contributed by atoms with E-state index >= 15 is 0 Å². The first-order valence-electron chi connectivity index (χ1n) is 6.73. The molecular weight excluding hydrogens is 272 g/mol. The second-order valence-corrected chi connectivity index (χ2v) is 4.92. The number of benzene rings is 2. The van der Waals surface area contributed by atoms with Gasteiger partial charge in [0.2, 0.25) is 0 Å². The Labute approximate surface area is 124 Å². The molecule has 0 amide bonds. The first kappa shape index (κ1) is 14.6. The fraction of sp³-hybridized carbons (Fsp3) is 0.235. The van der Waals surface area contributed by atoms with Crippen molar-refractivity contribution in [2.24, 2.45) is 0 Å². The van der Waals surface area contributed by atoms with Gasteiger partial charge in [-0.25, -0.2) is 0 Å². The second kappa shape index (κ2) is 6.58. The molecule has 0 aliphatic carbocycles. The van der Waals surface area contributed by atoms with E-state index in [0.717, 1.165) is 22.8 Å². The number of hydrogen-bond donors (Lipinski definition) is 0. The Morgan fingerprint density at radius 3 is 2.30 bits per heavy atom. The minimum Gasteiger partial charge on any atom is -0.457 e. The van der Waals surface area contributed by atoms with Gasteiger partial charge in [0.1, 0.15) is 11.5 Å². The number of aryl methyl sites for hydroxylation is 1. The van der Waals surface area contributed by atoms with Crippen LogP contribution in [0.15, 0.2) is 42.5 Å².